The molecule has 8 heteroatoms. The van der Waals surface area contributed by atoms with E-state index in [-0.39, 0.29) is 24.7 Å². The molecule has 0 saturated heterocycles. The number of carbonyl (C=O) groups excluding carboxylic acids is 1. The molecule has 0 saturated carbocycles. The van der Waals surface area contributed by atoms with Crippen molar-refractivity contribution in [2.75, 3.05) is 6.61 Å². The lowest BCUT2D eigenvalue weighted by Gasteiger charge is -2.08. The highest BCUT2D eigenvalue weighted by molar-refractivity contribution is 6.31. The summed E-state index contributed by atoms with van der Waals surface area (Å²) in [6.07, 6.45) is 0.854. The Balaban J connectivity index is 1.80. The van der Waals surface area contributed by atoms with Crippen LogP contribution >= 0.6 is 11.6 Å². The largest absolute Gasteiger partial charge is 0.513 e. The second-order valence-electron chi connectivity index (χ2n) is 5.10. The molecule has 0 aliphatic rings. The van der Waals surface area contributed by atoms with Crippen LogP contribution in [-0.4, -0.2) is 17.7 Å². The quantitative estimate of drug-likeness (QED) is 0.218. The van der Waals surface area contributed by atoms with Crippen molar-refractivity contribution in [2.45, 2.75) is 13.0 Å². The van der Waals surface area contributed by atoms with E-state index in [9.17, 15) is 14.9 Å². The van der Waals surface area contributed by atoms with Gasteiger partial charge in [0, 0.05) is 30.2 Å². The highest BCUT2D eigenvalue weighted by Crippen LogP contribution is 2.23. The van der Waals surface area contributed by atoms with E-state index >= 15 is 0 Å². The molecule has 0 aliphatic carbocycles. The standard InChI is InChI=1S/C18H16ClNO6/c1-2-24-12-14-5-8-16(11-17(14)19)26-18(21)25-10-9-13-3-6-15(7-4-13)20(22)23/h2-8,11H,1,9-10,12H2. The van der Waals surface area contributed by atoms with Crippen molar-refractivity contribution < 1.29 is 23.9 Å². The van der Waals surface area contributed by atoms with E-state index in [4.69, 9.17) is 25.8 Å². The van der Waals surface area contributed by atoms with Crippen LogP contribution in [0.15, 0.2) is 55.3 Å². The molecule has 0 fully saturated rings. The van der Waals surface area contributed by atoms with Gasteiger partial charge in [-0.05, 0) is 11.6 Å². The zero-order valence-corrected chi connectivity index (χ0v) is 14.5. The topological polar surface area (TPSA) is 87.9 Å². The van der Waals surface area contributed by atoms with Crippen molar-refractivity contribution in [1.82, 2.24) is 0 Å². The number of nitrogens with zero attached hydrogens (tertiary/aromatic N) is 1. The summed E-state index contributed by atoms with van der Waals surface area (Å²) in [6.45, 7) is 3.79. The second kappa shape index (κ2) is 9.43. The van der Waals surface area contributed by atoms with Gasteiger partial charge in [-0.25, -0.2) is 4.79 Å². The van der Waals surface area contributed by atoms with E-state index in [1.807, 2.05) is 0 Å². The molecule has 0 bridgehead atoms. The fourth-order valence-corrected chi connectivity index (χ4v) is 2.24. The average Bonchev–Trinajstić information content (AvgIpc) is 2.61. The average molecular weight is 378 g/mol. The maximum absolute atomic E-state index is 11.7. The Morgan fingerprint density at radius 1 is 1.23 bits per heavy atom. The lowest BCUT2D eigenvalue weighted by atomic mass is 10.1. The monoisotopic (exact) mass is 377 g/mol. The van der Waals surface area contributed by atoms with Crippen molar-refractivity contribution in [3.8, 4) is 5.75 Å². The Bertz CT molecular complexity index is 791. The lowest BCUT2D eigenvalue weighted by Crippen LogP contribution is -2.12. The molecule has 0 atom stereocenters. The Morgan fingerprint density at radius 3 is 2.58 bits per heavy atom. The van der Waals surface area contributed by atoms with Crippen LogP contribution in [0.2, 0.25) is 5.02 Å². The van der Waals surface area contributed by atoms with Crippen LogP contribution < -0.4 is 4.74 Å². The van der Waals surface area contributed by atoms with E-state index in [1.54, 1.807) is 24.3 Å². The van der Waals surface area contributed by atoms with E-state index in [2.05, 4.69) is 6.58 Å². The third-order valence-electron chi connectivity index (χ3n) is 3.34. The molecule has 0 amide bonds. The molecule has 0 aromatic heterocycles. The molecule has 2 aromatic rings. The molecule has 7 nitrogen and oxygen atoms in total. The van der Waals surface area contributed by atoms with Crippen molar-refractivity contribution in [3.05, 3.63) is 81.6 Å². The SMILES string of the molecule is C=COCc1ccc(OC(=O)OCCc2ccc([N+](=O)[O-])cc2)cc1Cl. The van der Waals surface area contributed by atoms with Crippen molar-refractivity contribution >= 4 is 23.4 Å². The predicted octanol–water partition coefficient (Wildman–Crippen LogP) is 4.67. The minimum Gasteiger partial charge on any atom is -0.497 e. The van der Waals surface area contributed by atoms with Gasteiger partial charge in [0.2, 0.25) is 0 Å². The summed E-state index contributed by atoms with van der Waals surface area (Å²) in [7, 11) is 0. The fourth-order valence-electron chi connectivity index (χ4n) is 2.02. The Hall–Kier alpha value is -3.06. The molecule has 0 aliphatic heterocycles. The number of benzene rings is 2. The molecule has 136 valence electrons. The van der Waals surface area contributed by atoms with Gasteiger partial charge < -0.3 is 14.2 Å². The molecule has 0 unspecified atom stereocenters. The summed E-state index contributed by atoms with van der Waals surface area (Å²) < 4.78 is 15.1. The van der Waals surface area contributed by atoms with Crippen molar-refractivity contribution in [3.63, 3.8) is 0 Å². The predicted molar refractivity (Wildman–Crippen MR) is 95.2 cm³/mol. The number of nitro groups is 1. The summed E-state index contributed by atoms with van der Waals surface area (Å²) in [5, 5.41) is 11.0. The zero-order chi connectivity index (χ0) is 18.9. The number of hydrogen-bond donors (Lipinski definition) is 0. The van der Waals surface area contributed by atoms with Crippen molar-refractivity contribution in [1.29, 1.82) is 0 Å². The van der Waals surface area contributed by atoms with Gasteiger partial charge in [0.1, 0.15) is 12.4 Å². The molecular formula is C18H16ClNO6. The van der Waals surface area contributed by atoms with E-state index < -0.39 is 11.1 Å². The number of halogens is 1. The highest BCUT2D eigenvalue weighted by atomic mass is 35.5. The zero-order valence-electron chi connectivity index (χ0n) is 13.7. The van der Waals surface area contributed by atoms with Gasteiger partial charge >= 0.3 is 6.16 Å². The maximum Gasteiger partial charge on any atom is 0.513 e. The summed E-state index contributed by atoms with van der Waals surface area (Å²) in [5.74, 6) is 0.248. The molecule has 0 heterocycles. The van der Waals surface area contributed by atoms with Gasteiger partial charge in [0.15, 0.2) is 0 Å². The highest BCUT2D eigenvalue weighted by Gasteiger charge is 2.09. The van der Waals surface area contributed by atoms with Gasteiger partial charge in [-0.15, -0.1) is 0 Å². The molecule has 2 aromatic carbocycles. The van der Waals surface area contributed by atoms with Crippen LogP contribution in [-0.2, 0) is 22.5 Å². The molecule has 0 radical (unpaired) electrons. The summed E-state index contributed by atoms with van der Waals surface area (Å²) in [4.78, 5) is 21.8. The first-order valence-electron chi connectivity index (χ1n) is 7.58. The van der Waals surface area contributed by atoms with Crippen LogP contribution in [0.25, 0.3) is 0 Å². The van der Waals surface area contributed by atoms with Gasteiger partial charge in [-0.2, -0.15) is 0 Å². The Labute approximate surface area is 154 Å². The summed E-state index contributed by atoms with van der Waals surface area (Å²) in [5.41, 5.74) is 1.54. The smallest absolute Gasteiger partial charge is 0.497 e. The third-order valence-corrected chi connectivity index (χ3v) is 3.69. The van der Waals surface area contributed by atoms with E-state index in [0.29, 0.717) is 11.4 Å². The van der Waals surface area contributed by atoms with E-state index in [0.717, 1.165) is 11.1 Å². The number of hydrogen-bond acceptors (Lipinski definition) is 6. The lowest BCUT2D eigenvalue weighted by molar-refractivity contribution is -0.384. The van der Waals surface area contributed by atoms with Crippen LogP contribution in [0.1, 0.15) is 11.1 Å². The first-order valence-corrected chi connectivity index (χ1v) is 7.96. The van der Waals surface area contributed by atoms with E-state index in [1.165, 1.54) is 24.5 Å². The normalized spacial score (nSPS) is 10.0. The maximum atomic E-state index is 11.7. The van der Waals surface area contributed by atoms with Crippen molar-refractivity contribution in [2.24, 2.45) is 0 Å². The number of ether oxygens (including phenoxy) is 3. The number of nitro benzene ring substituents is 1. The number of carbonyl (C=O) groups is 1. The number of rotatable bonds is 8. The summed E-state index contributed by atoms with van der Waals surface area (Å²) in [6, 6.07) is 10.7. The van der Waals surface area contributed by atoms with Gasteiger partial charge in [0.25, 0.3) is 5.69 Å². The van der Waals surface area contributed by atoms with Crippen LogP contribution in [0.3, 0.4) is 0 Å². The molecule has 0 spiro atoms. The fraction of sp³-hybridized carbons (Fsp3) is 0.167. The second-order valence-corrected chi connectivity index (χ2v) is 5.51. The van der Waals surface area contributed by atoms with Crippen LogP contribution in [0.5, 0.6) is 5.75 Å². The summed E-state index contributed by atoms with van der Waals surface area (Å²) >= 11 is 6.07. The Morgan fingerprint density at radius 2 is 1.96 bits per heavy atom. The molecular weight excluding hydrogens is 362 g/mol. The minimum absolute atomic E-state index is 0.00731. The van der Waals surface area contributed by atoms with Gasteiger partial charge in [0.05, 0.1) is 22.8 Å². The number of non-ortho nitro benzene ring substituents is 1. The van der Waals surface area contributed by atoms with Crippen LogP contribution in [0, 0.1) is 10.1 Å². The van der Waals surface area contributed by atoms with Crippen LogP contribution in [0.4, 0.5) is 10.5 Å². The minimum atomic E-state index is -0.863. The third kappa shape index (κ3) is 5.78. The van der Waals surface area contributed by atoms with Gasteiger partial charge in [-0.1, -0.05) is 36.4 Å². The molecule has 26 heavy (non-hydrogen) atoms. The van der Waals surface area contributed by atoms with Gasteiger partial charge in [-0.3, -0.25) is 10.1 Å². The first kappa shape index (κ1) is 19.3. The molecule has 0 N–H and O–H groups in total. The first-order chi connectivity index (χ1) is 12.5. The Kier molecular flexibility index (Phi) is 6.99. The molecule has 2 rings (SSSR count).